The predicted molar refractivity (Wildman–Crippen MR) is 129 cm³/mol. The second kappa shape index (κ2) is 7.75. The van der Waals surface area contributed by atoms with Crippen LogP contribution in [0.15, 0.2) is 65.8 Å². The predicted octanol–water partition coefficient (Wildman–Crippen LogP) is 5.39. The topological polar surface area (TPSA) is 70.1 Å². The Kier molecular flexibility index (Phi) is 4.89. The number of H-pyrrole nitrogens is 1. The van der Waals surface area contributed by atoms with Gasteiger partial charge in [-0.15, -0.1) is 0 Å². The number of hydrazone groups is 1. The maximum atomic E-state index is 12.6. The third-order valence-corrected chi connectivity index (χ3v) is 6.13. The Morgan fingerprint density at radius 1 is 1.03 bits per heavy atom. The molecule has 1 aliphatic rings. The molecule has 0 saturated heterocycles. The number of carbonyl (C=O) groups excluding carboxylic acids is 1. The van der Waals surface area contributed by atoms with Crippen LogP contribution < -0.4 is 5.43 Å². The van der Waals surface area contributed by atoms with E-state index in [9.17, 15) is 4.79 Å². The lowest BCUT2D eigenvalue weighted by molar-refractivity contribution is 0.0950. The van der Waals surface area contributed by atoms with Crippen LogP contribution in [0.4, 0.5) is 0 Å². The minimum Gasteiger partial charge on any atom is -0.272 e. The van der Waals surface area contributed by atoms with Gasteiger partial charge in [-0.05, 0) is 57.3 Å². The molecular weight excluding hydrogens is 396 g/mol. The molecule has 0 saturated carbocycles. The quantitative estimate of drug-likeness (QED) is 0.342. The molecule has 160 valence electrons. The summed E-state index contributed by atoms with van der Waals surface area (Å²) in [4.78, 5) is 12.6. The fourth-order valence-corrected chi connectivity index (χ4v) is 4.34. The number of rotatable bonds is 4. The number of hydrogen-bond donors (Lipinski definition) is 2. The Balaban J connectivity index is 1.32. The highest BCUT2D eigenvalue weighted by molar-refractivity contribution is 6.02. The fourth-order valence-electron chi connectivity index (χ4n) is 4.34. The fraction of sp³-hybridized carbons (Fsp3) is 0.222. The van der Waals surface area contributed by atoms with Gasteiger partial charge in [0, 0.05) is 5.56 Å². The Morgan fingerprint density at radius 2 is 1.78 bits per heavy atom. The SMILES string of the molecule is CC(C)(C)c1ccc(C=NNC(=O)c2cc(-c3ccc4c5c(cccc35)CC4)n[nH]2)cc1. The molecular formula is C27H26N4O. The third kappa shape index (κ3) is 3.71. The molecule has 5 nitrogen and oxygen atoms in total. The highest BCUT2D eigenvalue weighted by atomic mass is 16.2. The Morgan fingerprint density at radius 3 is 2.53 bits per heavy atom. The smallest absolute Gasteiger partial charge is 0.272 e. The third-order valence-electron chi connectivity index (χ3n) is 6.13. The van der Waals surface area contributed by atoms with Gasteiger partial charge in [0.05, 0.1) is 11.9 Å². The number of hydrogen-bond acceptors (Lipinski definition) is 3. The zero-order valence-electron chi connectivity index (χ0n) is 18.6. The maximum Gasteiger partial charge on any atom is 0.289 e. The summed E-state index contributed by atoms with van der Waals surface area (Å²) < 4.78 is 0. The number of amides is 1. The Hall–Kier alpha value is -3.73. The van der Waals surface area contributed by atoms with Gasteiger partial charge in [-0.3, -0.25) is 9.89 Å². The lowest BCUT2D eigenvalue weighted by Crippen LogP contribution is -2.18. The zero-order valence-corrected chi connectivity index (χ0v) is 18.6. The van der Waals surface area contributed by atoms with Gasteiger partial charge in [-0.1, -0.05) is 75.4 Å². The van der Waals surface area contributed by atoms with Crippen LogP contribution in [-0.4, -0.2) is 22.3 Å². The minimum absolute atomic E-state index is 0.104. The van der Waals surface area contributed by atoms with E-state index in [1.54, 1.807) is 12.3 Å². The van der Waals surface area contributed by atoms with Crippen LogP contribution in [0.2, 0.25) is 0 Å². The van der Waals surface area contributed by atoms with Crippen molar-refractivity contribution < 1.29 is 4.79 Å². The first kappa shape index (κ1) is 20.2. The van der Waals surface area contributed by atoms with Crippen LogP contribution in [0.1, 0.15) is 53.5 Å². The molecule has 0 fully saturated rings. The lowest BCUT2D eigenvalue weighted by atomic mass is 9.87. The van der Waals surface area contributed by atoms with Crippen molar-refractivity contribution in [3.05, 3.63) is 88.6 Å². The van der Waals surface area contributed by atoms with Crippen LogP contribution in [-0.2, 0) is 18.3 Å². The van der Waals surface area contributed by atoms with E-state index in [4.69, 9.17) is 0 Å². The molecule has 0 bridgehead atoms. The number of aromatic amines is 1. The summed E-state index contributed by atoms with van der Waals surface area (Å²) in [5.41, 5.74) is 9.81. The van der Waals surface area contributed by atoms with Gasteiger partial charge in [0.2, 0.25) is 0 Å². The molecule has 1 aromatic heterocycles. The van der Waals surface area contributed by atoms with E-state index in [0.717, 1.165) is 29.7 Å². The van der Waals surface area contributed by atoms with E-state index in [-0.39, 0.29) is 11.3 Å². The second-order valence-corrected chi connectivity index (χ2v) is 9.35. The van der Waals surface area contributed by atoms with Gasteiger partial charge in [-0.25, -0.2) is 5.43 Å². The van der Waals surface area contributed by atoms with Crippen molar-refractivity contribution in [1.29, 1.82) is 0 Å². The molecule has 32 heavy (non-hydrogen) atoms. The molecule has 5 heteroatoms. The summed E-state index contributed by atoms with van der Waals surface area (Å²) in [5, 5.41) is 13.9. The first-order valence-corrected chi connectivity index (χ1v) is 10.9. The van der Waals surface area contributed by atoms with Gasteiger partial charge in [0.1, 0.15) is 5.69 Å². The van der Waals surface area contributed by atoms with Crippen molar-refractivity contribution in [1.82, 2.24) is 15.6 Å². The van der Waals surface area contributed by atoms with Crippen LogP contribution in [0.5, 0.6) is 0 Å². The Labute approximate surface area is 187 Å². The van der Waals surface area contributed by atoms with Gasteiger partial charge >= 0.3 is 0 Å². The van der Waals surface area contributed by atoms with Crippen molar-refractivity contribution in [3.8, 4) is 11.3 Å². The van der Waals surface area contributed by atoms with Gasteiger partial charge in [0.25, 0.3) is 5.91 Å². The second-order valence-electron chi connectivity index (χ2n) is 9.35. The molecule has 1 amide bonds. The van der Waals surface area contributed by atoms with Crippen molar-refractivity contribution in [2.24, 2.45) is 5.10 Å². The zero-order chi connectivity index (χ0) is 22.3. The van der Waals surface area contributed by atoms with E-state index in [0.29, 0.717) is 5.69 Å². The van der Waals surface area contributed by atoms with E-state index >= 15 is 0 Å². The van der Waals surface area contributed by atoms with Crippen molar-refractivity contribution in [2.75, 3.05) is 0 Å². The Bertz CT molecular complexity index is 1330. The normalized spacial score (nSPS) is 13.2. The average molecular weight is 423 g/mol. The van der Waals surface area contributed by atoms with Crippen molar-refractivity contribution >= 4 is 22.9 Å². The van der Waals surface area contributed by atoms with Gasteiger partial charge in [0.15, 0.2) is 0 Å². The van der Waals surface area contributed by atoms with Crippen LogP contribution >= 0.6 is 0 Å². The number of nitrogens with one attached hydrogen (secondary N) is 2. The van der Waals surface area contributed by atoms with Crippen LogP contribution in [0, 0.1) is 0 Å². The minimum atomic E-state index is -0.322. The first-order valence-electron chi connectivity index (χ1n) is 10.9. The summed E-state index contributed by atoms with van der Waals surface area (Å²) in [7, 11) is 0. The molecule has 1 heterocycles. The van der Waals surface area contributed by atoms with Crippen molar-refractivity contribution in [2.45, 2.75) is 39.0 Å². The van der Waals surface area contributed by atoms with E-state index < -0.39 is 0 Å². The molecule has 3 aromatic carbocycles. The molecule has 4 aromatic rings. The van der Waals surface area contributed by atoms with E-state index in [1.807, 2.05) is 12.1 Å². The first-order chi connectivity index (χ1) is 15.4. The van der Waals surface area contributed by atoms with Gasteiger partial charge in [-0.2, -0.15) is 10.2 Å². The molecule has 2 N–H and O–H groups in total. The summed E-state index contributed by atoms with van der Waals surface area (Å²) in [6.07, 6.45) is 3.81. The van der Waals surface area contributed by atoms with E-state index in [2.05, 4.69) is 84.0 Å². The molecule has 0 atom stereocenters. The molecule has 0 aliphatic heterocycles. The largest absolute Gasteiger partial charge is 0.289 e. The molecule has 5 rings (SSSR count). The number of carbonyl (C=O) groups is 1. The van der Waals surface area contributed by atoms with Crippen LogP contribution in [0.25, 0.3) is 22.0 Å². The summed E-state index contributed by atoms with van der Waals surface area (Å²) >= 11 is 0. The summed E-state index contributed by atoms with van der Waals surface area (Å²) in [6, 6.07) is 20.7. The highest BCUT2D eigenvalue weighted by Gasteiger charge is 2.18. The lowest BCUT2D eigenvalue weighted by Gasteiger charge is -2.18. The molecule has 0 spiro atoms. The number of benzene rings is 3. The molecule has 0 unspecified atom stereocenters. The van der Waals surface area contributed by atoms with Gasteiger partial charge < -0.3 is 0 Å². The highest BCUT2D eigenvalue weighted by Crippen LogP contribution is 2.36. The maximum absolute atomic E-state index is 12.6. The molecule has 0 radical (unpaired) electrons. The number of aromatic nitrogens is 2. The monoisotopic (exact) mass is 422 g/mol. The van der Waals surface area contributed by atoms with E-state index in [1.165, 1.54) is 27.5 Å². The summed E-state index contributed by atoms with van der Waals surface area (Å²) in [6.45, 7) is 6.54. The number of nitrogens with zero attached hydrogens (tertiary/aromatic N) is 2. The standard InChI is InChI=1S/C27H26N4O/c1-27(2,3)20-12-7-17(8-13-20)16-28-31-26(32)24-15-23(29-30-24)21-14-11-19-10-9-18-5-4-6-22(21)25(18)19/h4-8,11-16H,9-10H2,1-3H3,(H,29,30)(H,31,32). The van der Waals surface area contributed by atoms with Crippen molar-refractivity contribution in [3.63, 3.8) is 0 Å². The summed E-state index contributed by atoms with van der Waals surface area (Å²) in [5.74, 6) is -0.322. The number of aryl methyl sites for hydroxylation is 2. The molecule has 1 aliphatic carbocycles. The average Bonchev–Trinajstić information content (AvgIpc) is 3.43. The van der Waals surface area contributed by atoms with Crippen LogP contribution in [0.3, 0.4) is 0 Å².